The van der Waals surface area contributed by atoms with Crippen LogP contribution in [0.5, 0.6) is 0 Å². The van der Waals surface area contributed by atoms with Gasteiger partial charge in [-0.05, 0) is 47.4 Å². The van der Waals surface area contributed by atoms with Crippen molar-refractivity contribution in [2.75, 3.05) is 17.2 Å². The van der Waals surface area contributed by atoms with Gasteiger partial charge in [0.05, 0.1) is 29.1 Å². The summed E-state index contributed by atoms with van der Waals surface area (Å²) in [6.45, 7) is 4.70. The van der Waals surface area contributed by atoms with E-state index in [4.69, 9.17) is 4.98 Å². The summed E-state index contributed by atoms with van der Waals surface area (Å²) in [5.74, 6) is 0.699. The second-order valence-corrected chi connectivity index (χ2v) is 10.0. The van der Waals surface area contributed by atoms with Crippen LogP contribution in [-0.2, 0) is 4.79 Å². The van der Waals surface area contributed by atoms with Crippen LogP contribution in [-0.4, -0.2) is 32.4 Å². The molecule has 0 bridgehead atoms. The van der Waals surface area contributed by atoms with Gasteiger partial charge in [0.2, 0.25) is 5.91 Å². The number of amides is 1. The summed E-state index contributed by atoms with van der Waals surface area (Å²) in [5, 5.41) is 6.38. The van der Waals surface area contributed by atoms with Gasteiger partial charge in [-0.1, -0.05) is 38.1 Å². The molecule has 0 saturated carbocycles. The van der Waals surface area contributed by atoms with E-state index in [0.717, 1.165) is 55.9 Å². The maximum Gasteiger partial charge on any atom is 0.224 e. The smallest absolute Gasteiger partial charge is 0.224 e. The van der Waals surface area contributed by atoms with Crippen LogP contribution in [0.15, 0.2) is 79.4 Å². The number of carbonyl (C=O) groups is 1. The minimum Gasteiger partial charge on any atom is -0.381 e. The number of H-pyrrole nitrogens is 1. The Labute approximate surface area is 225 Å². The average molecular weight is 519 g/mol. The van der Waals surface area contributed by atoms with Gasteiger partial charge in [-0.3, -0.25) is 14.8 Å². The second-order valence-electron chi connectivity index (χ2n) is 10.0. The van der Waals surface area contributed by atoms with E-state index in [-0.39, 0.29) is 17.6 Å². The Morgan fingerprint density at radius 1 is 0.949 bits per heavy atom. The number of nitrogens with zero attached hydrogens (tertiary/aromatic N) is 3. The van der Waals surface area contributed by atoms with Crippen molar-refractivity contribution in [1.29, 1.82) is 0 Å². The van der Waals surface area contributed by atoms with Gasteiger partial charge in [0.15, 0.2) is 0 Å². The van der Waals surface area contributed by atoms with Crippen molar-refractivity contribution in [3.05, 3.63) is 96.6 Å². The van der Waals surface area contributed by atoms with Crippen molar-refractivity contribution in [1.82, 2.24) is 19.9 Å². The molecule has 194 valence electrons. The summed E-state index contributed by atoms with van der Waals surface area (Å²) in [6.07, 6.45) is 9.52. The number of nitrogens with one attached hydrogen (secondary N) is 3. The van der Waals surface area contributed by atoms with E-state index in [0.29, 0.717) is 18.7 Å². The van der Waals surface area contributed by atoms with Crippen molar-refractivity contribution >= 4 is 33.9 Å². The van der Waals surface area contributed by atoms with Crippen LogP contribution in [0.25, 0.3) is 38.9 Å². The van der Waals surface area contributed by atoms with Crippen LogP contribution in [0.4, 0.5) is 15.8 Å². The predicted molar refractivity (Wildman–Crippen MR) is 153 cm³/mol. The molecule has 3 aromatic heterocycles. The standard InChI is InChI=1S/C31H27FN6O/c1-18(2)11-29(39)36-23-12-21(14-33-15-23)20-5-8-27-25(13-20)24(9-10-35-27)31-37-28-17-34-16-26(30(28)38-31)19-3-6-22(32)7-4-19/h3-9,12-18,35H,10-11H2,1-2H3,(H,36,39)(H,37,38). The largest absolute Gasteiger partial charge is 0.381 e. The molecule has 6 rings (SSSR count). The third-order valence-corrected chi connectivity index (χ3v) is 6.66. The highest BCUT2D eigenvalue weighted by atomic mass is 19.1. The van der Waals surface area contributed by atoms with Gasteiger partial charge in [0, 0.05) is 53.3 Å². The lowest BCUT2D eigenvalue weighted by atomic mass is 9.95. The molecule has 0 unspecified atom stereocenters. The number of hydrogen-bond acceptors (Lipinski definition) is 5. The van der Waals surface area contributed by atoms with E-state index in [1.807, 2.05) is 26.0 Å². The zero-order valence-corrected chi connectivity index (χ0v) is 21.6. The number of aromatic amines is 1. The van der Waals surface area contributed by atoms with Crippen molar-refractivity contribution in [2.24, 2.45) is 5.92 Å². The van der Waals surface area contributed by atoms with Crippen LogP contribution in [0, 0.1) is 11.7 Å². The van der Waals surface area contributed by atoms with Crippen LogP contribution in [0.1, 0.15) is 31.7 Å². The molecule has 4 heterocycles. The molecule has 0 spiro atoms. The number of hydrogen-bond donors (Lipinski definition) is 3. The monoisotopic (exact) mass is 518 g/mol. The molecule has 2 aromatic carbocycles. The Hall–Kier alpha value is -4.85. The van der Waals surface area contributed by atoms with Crippen LogP contribution in [0.2, 0.25) is 0 Å². The number of halogens is 1. The molecule has 1 aliphatic rings. The lowest BCUT2D eigenvalue weighted by Gasteiger charge is -2.19. The van der Waals surface area contributed by atoms with Gasteiger partial charge >= 0.3 is 0 Å². The molecular weight excluding hydrogens is 491 g/mol. The third kappa shape index (κ3) is 5.01. The summed E-state index contributed by atoms with van der Waals surface area (Å²) in [5.41, 5.74) is 8.78. The fraction of sp³-hybridized carbons (Fsp3) is 0.161. The van der Waals surface area contributed by atoms with E-state index >= 15 is 0 Å². The van der Waals surface area contributed by atoms with E-state index < -0.39 is 0 Å². The van der Waals surface area contributed by atoms with Crippen LogP contribution < -0.4 is 10.6 Å². The highest BCUT2D eigenvalue weighted by Crippen LogP contribution is 2.36. The molecule has 8 heteroatoms. The first-order valence-electron chi connectivity index (χ1n) is 12.9. The Balaban J connectivity index is 1.36. The quantitative estimate of drug-likeness (QED) is 0.233. The summed E-state index contributed by atoms with van der Waals surface area (Å²) < 4.78 is 13.5. The highest BCUT2D eigenvalue weighted by molar-refractivity contribution is 5.96. The number of benzene rings is 2. The van der Waals surface area contributed by atoms with Gasteiger partial charge in [-0.15, -0.1) is 0 Å². The molecule has 1 aliphatic heterocycles. The number of anilines is 2. The highest BCUT2D eigenvalue weighted by Gasteiger charge is 2.20. The number of fused-ring (bicyclic) bond motifs is 2. The number of pyridine rings is 2. The number of carbonyl (C=O) groups excluding carboxylic acids is 1. The van der Waals surface area contributed by atoms with E-state index in [9.17, 15) is 9.18 Å². The topological polar surface area (TPSA) is 95.6 Å². The molecular formula is C31H27FN6O. The summed E-state index contributed by atoms with van der Waals surface area (Å²) in [4.78, 5) is 29.4. The van der Waals surface area contributed by atoms with E-state index in [1.54, 1.807) is 36.9 Å². The van der Waals surface area contributed by atoms with E-state index in [1.165, 1.54) is 12.1 Å². The van der Waals surface area contributed by atoms with Crippen molar-refractivity contribution < 1.29 is 9.18 Å². The molecule has 1 amide bonds. The van der Waals surface area contributed by atoms with Gasteiger partial charge in [0.25, 0.3) is 0 Å². The van der Waals surface area contributed by atoms with Gasteiger partial charge in [0.1, 0.15) is 11.6 Å². The lowest BCUT2D eigenvalue weighted by Crippen LogP contribution is -2.14. The molecule has 0 fully saturated rings. The first kappa shape index (κ1) is 24.5. The van der Waals surface area contributed by atoms with Crippen LogP contribution >= 0.6 is 0 Å². The summed E-state index contributed by atoms with van der Waals surface area (Å²) >= 11 is 0. The molecule has 0 aliphatic carbocycles. The summed E-state index contributed by atoms with van der Waals surface area (Å²) in [7, 11) is 0. The molecule has 39 heavy (non-hydrogen) atoms. The van der Waals surface area contributed by atoms with Crippen molar-refractivity contribution in [2.45, 2.75) is 20.3 Å². The molecule has 0 saturated heterocycles. The molecule has 7 nitrogen and oxygen atoms in total. The van der Waals surface area contributed by atoms with Gasteiger partial charge < -0.3 is 15.6 Å². The Kier molecular flexibility index (Phi) is 6.36. The second kappa shape index (κ2) is 10.1. The first-order chi connectivity index (χ1) is 18.9. The zero-order chi connectivity index (χ0) is 26.9. The number of aromatic nitrogens is 4. The molecule has 5 aromatic rings. The first-order valence-corrected chi connectivity index (χ1v) is 12.9. The normalized spacial score (nSPS) is 12.7. The fourth-order valence-electron chi connectivity index (χ4n) is 4.85. The Bertz CT molecular complexity index is 1720. The number of rotatable bonds is 6. The predicted octanol–water partition coefficient (Wildman–Crippen LogP) is 6.67. The average Bonchev–Trinajstić information content (AvgIpc) is 3.37. The Morgan fingerprint density at radius 2 is 1.74 bits per heavy atom. The van der Waals surface area contributed by atoms with E-state index in [2.05, 4.69) is 43.8 Å². The maximum atomic E-state index is 13.5. The zero-order valence-electron chi connectivity index (χ0n) is 21.6. The maximum absolute atomic E-state index is 13.5. The summed E-state index contributed by atoms with van der Waals surface area (Å²) in [6, 6.07) is 14.5. The fourth-order valence-corrected chi connectivity index (χ4v) is 4.85. The van der Waals surface area contributed by atoms with Crippen molar-refractivity contribution in [3.63, 3.8) is 0 Å². The SMILES string of the molecule is CC(C)CC(=O)Nc1cncc(-c2ccc3c(c2)C(c2nc4c(-c5ccc(F)cc5)cncc4[nH]2)=CCN3)c1. The van der Waals surface area contributed by atoms with Gasteiger partial charge in [-0.2, -0.15) is 0 Å². The van der Waals surface area contributed by atoms with Crippen molar-refractivity contribution in [3.8, 4) is 22.3 Å². The molecule has 0 atom stereocenters. The Morgan fingerprint density at radius 3 is 2.56 bits per heavy atom. The lowest BCUT2D eigenvalue weighted by molar-refractivity contribution is -0.116. The van der Waals surface area contributed by atoms with Gasteiger partial charge in [-0.25, -0.2) is 9.37 Å². The third-order valence-electron chi connectivity index (χ3n) is 6.66. The van der Waals surface area contributed by atoms with Crippen LogP contribution in [0.3, 0.4) is 0 Å². The number of imidazole rings is 1. The molecule has 0 radical (unpaired) electrons. The minimum absolute atomic E-state index is 0.0248. The molecule has 3 N–H and O–H groups in total. The minimum atomic E-state index is -0.285.